The van der Waals surface area contributed by atoms with E-state index in [1.807, 2.05) is 0 Å². The lowest BCUT2D eigenvalue weighted by Gasteiger charge is -2.19. The Bertz CT molecular complexity index is 490. The van der Waals surface area contributed by atoms with Crippen molar-refractivity contribution in [2.75, 3.05) is 6.54 Å². The zero-order valence-electron chi connectivity index (χ0n) is 12.0. The first-order chi connectivity index (χ1) is 8.74. The summed E-state index contributed by atoms with van der Waals surface area (Å²) >= 11 is 0. The summed E-state index contributed by atoms with van der Waals surface area (Å²) in [5, 5.41) is 3.30. The van der Waals surface area contributed by atoms with Gasteiger partial charge in [-0.25, -0.2) is 18.1 Å². The summed E-state index contributed by atoms with van der Waals surface area (Å²) < 4.78 is 26.6. The van der Waals surface area contributed by atoms with E-state index in [0.717, 1.165) is 18.5 Å². The van der Waals surface area contributed by atoms with Crippen LogP contribution in [-0.2, 0) is 16.6 Å². The van der Waals surface area contributed by atoms with Crippen LogP contribution < -0.4 is 10.0 Å². The van der Waals surface area contributed by atoms with Gasteiger partial charge in [-0.3, -0.25) is 0 Å². The van der Waals surface area contributed by atoms with E-state index in [9.17, 15) is 8.42 Å². The van der Waals surface area contributed by atoms with Crippen LogP contribution in [-0.4, -0.2) is 25.5 Å². The molecule has 0 saturated carbocycles. The minimum Gasteiger partial charge on any atom is -0.313 e. The van der Waals surface area contributed by atoms with Crippen LogP contribution in [0.25, 0.3) is 0 Å². The minimum absolute atomic E-state index is 0.0571. The van der Waals surface area contributed by atoms with Crippen LogP contribution in [0.5, 0.6) is 0 Å². The van der Waals surface area contributed by atoms with Gasteiger partial charge < -0.3 is 5.32 Å². The van der Waals surface area contributed by atoms with Crippen molar-refractivity contribution >= 4 is 10.0 Å². The van der Waals surface area contributed by atoms with Crippen molar-refractivity contribution in [3.63, 3.8) is 0 Å². The highest BCUT2D eigenvalue weighted by molar-refractivity contribution is 7.89. The second kappa shape index (κ2) is 6.45. The lowest BCUT2D eigenvalue weighted by Crippen LogP contribution is -2.40. The Kier molecular flexibility index (Phi) is 5.46. The van der Waals surface area contributed by atoms with Gasteiger partial charge >= 0.3 is 0 Å². The van der Waals surface area contributed by atoms with Gasteiger partial charge in [0.2, 0.25) is 0 Å². The molecule has 0 aliphatic carbocycles. The molecule has 0 aromatic carbocycles. The van der Waals surface area contributed by atoms with Gasteiger partial charge in [0.15, 0.2) is 5.03 Å². The van der Waals surface area contributed by atoms with Crippen LogP contribution in [0.15, 0.2) is 23.4 Å². The molecule has 0 bridgehead atoms. The van der Waals surface area contributed by atoms with Crippen LogP contribution in [0.3, 0.4) is 0 Å². The van der Waals surface area contributed by atoms with Crippen molar-refractivity contribution in [3.05, 3.63) is 23.9 Å². The molecule has 19 heavy (non-hydrogen) atoms. The van der Waals surface area contributed by atoms with Gasteiger partial charge in [-0.1, -0.05) is 13.0 Å². The van der Waals surface area contributed by atoms with Gasteiger partial charge in [0.25, 0.3) is 10.0 Å². The second-order valence-corrected chi connectivity index (χ2v) is 7.17. The van der Waals surface area contributed by atoms with E-state index in [1.165, 1.54) is 6.07 Å². The molecule has 0 amide bonds. The summed E-state index contributed by atoms with van der Waals surface area (Å²) in [6.45, 7) is 9.13. The van der Waals surface area contributed by atoms with E-state index in [-0.39, 0.29) is 5.03 Å². The fourth-order valence-corrected chi connectivity index (χ4v) is 2.89. The monoisotopic (exact) mass is 285 g/mol. The smallest absolute Gasteiger partial charge is 0.258 e. The molecule has 1 rings (SSSR count). The first-order valence-corrected chi connectivity index (χ1v) is 7.92. The number of aromatic nitrogens is 1. The van der Waals surface area contributed by atoms with Crippen molar-refractivity contribution in [1.82, 2.24) is 15.0 Å². The van der Waals surface area contributed by atoms with Crippen LogP contribution in [0.2, 0.25) is 0 Å². The van der Waals surface area contributed by atoms with Crippen molar-refractivity contribution in [2.24, 2.45) is 0 Å². The van der Waals surface area contributed by atoms with Gasteiger partial charge in [0, 0.05) is 18.3 Å². The second-order valence-electron chi connectivity index (χ2n) is 5.54. The van der Waals surface area contributed by atoms with E-state index in [2.05, 4.69) is 21.9 Å². The van der Waals surface area contributed by atoms with Crippen molar-refractivity contribution < 1.29 is 8.42 Å². The molecule has 108 valence electrons. The zero-order valence-corrected chi connectivity index (χ0v) is 12.8. The molecule has 1 heterocycles. The maximum atomic E-state index is 12.0. The maximum Gasteiger partial charge on any atom is 0.258 e. The average molecular weight is 285 g/mol. The van der Waals surface area contributed by atoms with Crippen molar-refractivity contribution in [1.29, 1.82) is 0 Å². The molecule has 0 atom stereocenters. The number of hydrogen-bond donors (Lipinski definition) is 2. The SMILES string of the molecule is CCCNCc1ccc(S(=O)(=O)NC(C)(C)C)nc1. The van der Waals surface area contributed by atoms with Gasteiger partial charge in [0.1, 0.15) is 0 Å². The normalized spacial score (nSPS) is 12.6. The van der Waals surface area contributed by atoms with Crippen molar-refractivity contribution in [3.8, 4) is 0 Å². The molecule has 0 spiro atoms. The Morgan fingerprint density at radius 2 is 1.95 bits per heavy atom. The van der Waals surface area contributed by atoms with Crippen LogP contribution in [0.1, 0.15) is 39.7 Å². The molecule has 0 fully saturated rings. The number of nitrogens with zero attached hydrogens (tertiary/aromatic N) is 1. The van der Waals surface area contributed by atoms with Crippen LogP contribution in [0, 0.1) is 0 Å². The summed E-state index contributed by atoms with van der Waals surface area (Å²) in [4.78, 5) is 4.02. The average Bonchev–Trinajstić information content (AvgIpc) is 2.27. The van der Waals surface area contributed by atoms with E-state index in [4.69, 9.17) is 0 Å². The summed E-state index contributed by atoms with van der Waals surface area (Å²) in [5.74, 6) is 0. The molecule has 0 unspecified atom stereocenters. The third kappa shape index (κ3) is 5.67. The molecule has 0 saturated heterocycles. The van der Waals surface area contributed by atoms with Crippen LogP contribution in [0.4, 0.5) is 0 Å². The molecule has 6 heteroatoms. The van der Waals surface area contributed by atoms with Crippen LogP contribution >= 0.6 is 0 Å². The van der Waals surface area contributed by atoms with E-state index in [1.54, 1.807) is 33.0 Å². The van der Waals surface area contributed by atoms with E-state index < -0.39 is 15.6 Å². The van der Waals surface area contributed by atoms with Gasteiger partial charge in [-0.05, 0) is 45.4 Å². The van der Waals surface area contributed by atoms with Gasteiger partial charge in [0.05, 0.1) is 0 Å². The largest absolute Gasteiger partial charge is 0.313 e. The third-order valence-corrected chi connectivity index (χ3v) is 3.94. The highest BCUT2D eigenvalue weighted by Crippen LogP contribution is 2.11. The molecule has 2 N–H and O–H groups in total. The predicted octanol–water partition coefficient (Wildman–Crippen LogP) is 1.66. The molecular formula is C13H23N3O2S. The Labute approximate surface area is 115 Å². The Hall–Kier alpha value is -0.980. The molecule has 5 nitrogen and oxygen atoms in total. The summed E-state index contributed by atoms with van der Waals surface area (Å²) in [5.41, 5.74) is 0.463. The molecule has 0 aliphatic rings. The topological polar surface area (TPSA) is 71.1 Å². The van der Waals surface area contributed by atoms with Gasteiger partial charge in [-0.2, -0.15) is 0 Å². The number of rotatable bonds is 6. The fourth-order valence-electron chi connectivity index (χ4n) is 1.54. The molecule has 1 aromatic heterocycles. The number of nitrogens with one attached hydrogen (secondary N) is 2. The lowest BCUT2D eigenvalue weighted by atomic mass is 10.1. The molecule has 1 aromatic rings. The molecule has 0 radical (unpaired) electrons. The first kappa shape index (κ1) is 16.1. The number of sulfonamides is 1. The standard InChI is InChI=1S/C13H23N3O2S/c1-5-8-14-9-11-6-7-12(15-10-11)19(17,18)16-13(2,3)4/h6-7,10,14,16H,5,8-9H2,1-4H3. The van der Waals surface area contributed by atoms with Gasteiger partial charge in [-0.15, -0.1) is 0 Å². The highest BCUT2D eigenvalue weighted by atomic mass is 32.2. The Morgan fingerprint density at radius 3 is 2.42 bits per heavy atom. The molecular weight excluding hydrogens is 262 g/mol. The number of hydrogen-bond acceptors (Lipinski definition) is 4. The predicted molar refractivity (Wildman–Crippen MR) is 76.3 cm³/mol. The zero-order chi connectivity index (χ0) is 14.5. The summed E-state index contributed by atoms with van der Waals surface area (Å²) in [6.07, 6.45) is 2.66. The quantitative estimate of drug-likeness (QED) is 0.780. The fraction of sp³-hybridized carbons (Fsp3) is 0.615. The summed E-state index contributed by atoms with van der Waals surface area (Å²) in [6, 6.07) is 3.32. The molecule has 0 aliphatic heterocycles. The third-order valence-electron chi connectivity index (χ3n) is 2.27. The lowest BCUT2D eigenvalue weighted by molar-refractivity contribution is 0.489. The van der Waals surface area contributed by atoms with E-state index in [0.29, 0.717) is 6.54 Å². The summed E-state index contributed by atoms with van der Waals surface area (Å²) in [7, 11) is -3.54. The maximum absolute atomic E-state index is 12.0. The number of pyridine rings is 1. The first-order valence-electron chi connectivity index (χ1n) is 6.44. The Morgan fingerprint density at radius 1 is 1.26 bits per heavy atom. The van der Waals surface area contributed by atoms with E-state index >= 15 is 0 Å². The highest BCUT2D eigenvalue weighted by Gasteiger charge is 2.22. The van der Waals surface area contributed by atoms with Crippen molar-refractivity contribution in [2.45, 2.75) is 51.2 Å². The minimum atomic E-state index is -3.54. The Balaban J connectivity index is 2.75.